The summed E-state index contributed by atoms with van der Waals surface area (Å²) < 4.78 is 23.3. The van der Waals surface area contributed by atoms with Gasteiger partial charge in [-0.2, -0.15) is 0 Å². The van der Waals surface area contributed by atoms with Crippen LogP contribution in [0, 0.1) is 0 Å². The molecule has 0 saturated carbocycles. The topological polar surface area (TPSA) is 83.7 Å². The highest BCUT2D eigenvalue weighted by Crippen LogP contribution is 2.25. The van der Waals surface area contributed by atoms with Crippen LogP contribution in [0.1, 0.15) is 17.3 Å². The summed E-state index contributed by atoms with van der Waals surface area (Å²) in [5, 5.41) is 0. The zero-order valence-corrected chi connectivity index (χ0v) is 13.4. The molecule has 1 aliphatic rings. The van der Waals surface area contributed by atoms with E-state index in [0.29, 0.717) is 11.3 Å². The van der Waals surface area contributed by atoms with Crippen molar-refractivity contribution in [2.75, 3.05) is 42.8 Å². The van der Waals surface area contributed by atoms with Crippen molar-refractivity contribution >= 4 is 27.1 Å². The Hall–Kier alpha value is -1.76. The van der Waals surface area contributed by atoms with Gasteiger partial charge in [0.25, 0.3) is 5.91 Å². The SMILES string of the molecule is CC1CS(=O)(=O)CCN1C(=O)c1cc(N)ccc1N(C)C. The van der Waals surface area contributed by atoms with Crippen LogP contribution in [-0.4, -0.2) is 57.4 Å². The third-order valence-corrected chi connectivity index (χ3v) is 5.46. The third kappa shape index (κ3) is 3.29. The molecule has 2 N–H and O–H groups in total. The Labute approximate surface area is 125 Å². The first-order chi connectivity index (χ1) is 9.71. The Morgan fingerprint density at radius 1 is 1.38 bits per heavy atom. The number of nitrogens with two attached hydrogens (primary N) is 1. The number of hydrogen-bond donors (Lipinski definition) is 1. The van der Waals surface area contributed by atoms with Crippen LogP contribution in [0.3, 0.4) is 0 Å². The molecule has 1 saturated heterocycles. The Kier molecular flexibility index (Phi) is 4.13. The lowest BCUT2D eigenvalue weighted by molar-refractivity contribution is 0.0713. The lowest BCUT2D eigenvalue weighted by Crippen LogP contribution is -2.49. The summed E-state index contributed by atoms with van der Waals surface area (Å²) in [7, 11) is 0.663. The van der Waals surface area contributed by atoms with E-state index in [4.69, 9.17) is 5.73 Å². The molecule has 1 aliphatic heterocycles. The number of hydrogen-bond acceptors (Lipinski definition) is 5. The molecule has 6 nitrogen and oxygen atoms in total. The lowest BCUT2D eigenvalue weighted by Gasteiger charge is -2.34. The molecule has 0 bridgehead atoms. The molecule has 1 unspecified atom stereocenters. The predicted molar refractivity (Wildman–Crippen MR) is 84.3 cm³/mol. The Morgan fingerprint density at radius 3 is 2.62 bits per heavy atom. The minimum absolute atomic E-state index is 0.0123. The van der Waals surface area contributed by atoms with Crippen molar-refractivity contribution in [3.05, 3.63) is 23.8 Å². The summed E-state index contributed by atoms with van der Waals surface area (Å²) in [6.45, 7) is 1.99. The molecule has 21 heavy (non-hydrogen) atoms. The number of nitrogens with zero attached hydrogens (tertiary/aromatic N) is 2. The van der Waals surface area contributed by atoms with Gasteiger partial charge in [-0.25, -0.2) is 8.42 Å². The van der Waals surface area contributed by atoms with Gasteiger partial charge in [-0.15, -0.1) is 0 Å². The fourth-order valence-corrected chi connectivity index (χ4v) is 4.13. The zero-order chi connectivity index (χ0) is 15.8. The van der Waals surface area contributed by atoms with Crippen LogP contribution >= 0.6 is 0 Å². The highest BCUT2D eigenvalue weighted by atomic mass is 32.2. The van der Waals surface area contributed by atoms with E-state index >= 15 is 0 Å². The second-order valence-electron chi connectivity index (χ2n) is 5.63. The van der Waals surface area contributed by atoms with Crippen molar-refractivity contribution in [2.45, 2.75) is 13.0 Å². The molecule has 0 spiro atoms. The van der Waals surface area contributed by atoms with Gasteiger partial charge in [0.2, 0.25) is 0 Å². The van der Waals surface area contributed by atoms with E-state index in [9.17, 15) is 13.2 Å². The largest absolute Gasteiger partial charge is 0.399 e. The van der Waals surface area contributed by atoms with Crippen LogP contribution in [0.5, 0.6) is 0 Å². The molecule has 1 heterocycles. The van der Waals surface area contributed by atoms with Crippen LogP contribution in [0.2, 0.25) is 0 Å². The van der Waals surface area contributed by atoms with Gasteiger partial charge in [0, 0.05) is 38.1 Å². The van der Waals surface area contributed by atoms with Crippen LogP contribution < -0.4 is 10.6 Å². The monoisotopic (exact) mass is 311 g/mol. The number of nitrogen functional groups attached to an aromatic ring is 1. The molecule has 7 heteroatoms. The highest BCUT2D eigenvalue weighted by molar-refractivity contribution is 7.91. The van der Waals surface area contributed by atoms with E-state index in [2.05, 4.69) is 0 Å². The molecule has 1 aromatic rings. The van der Waals surface area contributed by atoms with Crippen molar-refractivity contribution in [2.24, 2.45) is 0 Å². The van der Waals surface area contributed by atoms with Gasteiger partial charge < -0.3 is 15.5 Å². The van der Waals surface area contributed by atoms with E-state index in [0.717, 1.165) is 5.69 Å². The maximum atomic E-state index is 12.7. The van der Waals surface area contributed by atoms with E-state index in [1.54, 1.807) is 30.0 Å². The summed E-state index contributed by atoms with van der Waals surface area (Å²) in [6.07, 6.45) is 0. The van der Waals surface area contributed by atoms with Crippen LogP contribution in [0.4, 0.5) is 11.4 Å². The fraction of sp³-hybridized carbons (Fsp3) is 0.500. The number of sulfone groups is 1. The summed E-state index contributed by atoms with van der Waals surface area (Å²) in [5.74, 6) is -0.144. The maximum Gasteiger partial charge on any atom is 0.256 e. The minimum atomic E-state index is -3.04. The zero-order valence-electron chi connectivity index (χ0n) is 12.5. The molecule has 1 atom stereocenters. The highest BCUT2D eigenvalue weighted by Gasteiger charge is 2.32. The van der Waals surface area contributed by atoms with Crippen molar-refractivity contribution in [1.82, 2.24) is 4.90 Å². The quantitative estimate of drug-likeness (QED) is 0.808. The standard InChI is InChI=1S/C14H21N3O3S/c1-10-9-21(19,20)7-6-17(10)14(18)12-8-11(15)4-5-13(12)16(2)3/h4-5,8,10H,6-7,9,15H2,1-3H3. The summed E-state index contributed by atoms with van der Waals surface area (Å²) in [6, 6.07) is 4.87. The van der Waals surface area contributed by atoms with E-state index < -0.39 is 9.84 Å². The van der Waals surface area contributed by atoms with Gasteiger partial charge in [-0.1, -0.05) is 0 Å². The summed E-state index contributed by atoms with van der Waals surface area (Å²) >= 11 is 0. The molecule has 1 fully saturated rings. The summed E-state index contributed by atoms with van der Waals surface area (Å²) in [5.41, 5.74) is 7.58. The van der Waals surface area contributed by atoms with Crippen molar-refractivity contribution < 1.29 is 13.2 Å². The van der Waals surface area contributed by atoms with E-state index in [1.165, 1.54) is 0 Å². The van der Waals surface area contributed by atoms with Gasteiger partial charge in [-0.3, -0.25) is 4.79 Å². The third-order valence-electron chi connectivity index (χ3n) is 3.66. The Bertz CT molecular complexity index is 655. The van der Waals surface area contributed by atoms with E-state index in [1.807, 2.05) is 19.0 Å². The average Bonchev–Trinajstić information content (AvgIpc) is 2.36. The van der Waals surface area contributed by atoms with Gasteiger partial charge in [0.1, 0.15) is 0 Å². The van der Waals surface area contributed by atoms with Gasteiger partial charge in [-0.05, 0) is 25.1 Å². The van der Waals surface area contributed by atoms with Gasteiger partial charge in [0.15, 0.2) is 9.84 Å². The number of benzene rings is 1. The molecule has 116 valence electrons. The predicted octanol–water partition coefficient (Wildman–Crippen LogP) is 0.594. The number of anilines is 2. The molecular formula is C14H21N3O3S. The Balaban J connectivity index is 2.34. The fourth-order valence-electron chi connectivity index (χ4n) is 2.57. The van der Waals surface area contributed by atoms with Crippen LogP contribution in [-0.2, 0) is 9.84 Å². The van der Waals surface area contributed by atoms with Gasteiger partial charge >= 0.3 is 0 Å². The molecule has 0 aliphatic carbocycles. The normalized spacial score (nSPS) is 21.1. The van der Waals surface area contributed by atoms with Crippen LogP contribution in [0.25, 0.3) is 0 Å². The molecule has 0 aromatic heterocycles. The number of carbonyl (C=O) groups is 1. The van der Waals surface area contributed by atoms with Gasteiger partial charge in [0.05, 0.1) is 17.1 Å². The van der Waals surface area contributed by atoms with Crippen LogP contribution in [0.15, 0.2) is 18.2 Å². The molecule has 1 aromatic carbocycles. The molecule has 2 rings (SSSR count). The second kappa shape index (κ2) is 5.55. The second-order valence-corrected chi connectivity index (χ2v) is 7.86. The smallest absolute Gasteiger partial charge is 0.256 e. The van der Waals surface area contributed by atoms with Crippen molar-refractivity contribution in [3.8, 4) is 0 Å². The van der Waals surface area contributed by atoms with E-state index in [-0.39, 0.29) is 30.0 Å². The Morgan fingerprint density at radius 2 is 2.05 bits per heavy atom. The molecule has 0 radical (unpaired) electrons. The minimum Gasteiger partial charge on any atom is -0.399 e. The lowest BCUT2D eigenvalue weighted by atomic mass is 10.1. The first-order valence-electron chi connectivity index (χ1n) is 6.79. The molecule has 1 amide bonds. The van der Waals surface area contributed by atoms with Crippen molar-refractivity contribution in [1.29, 1.82) is 0 Å². The maximum absolute atomic E-state index is 12.7. The first kappa shape index (κ1) is 15.6. The number of rotatable bonds is 2. The molecular weight excluding hydrogens is 290 g/mol. The number of amides is 1. The average molecular weight is 311 g/mol. The van der Waals surface area contributed by atoms with Crippen molar-refractivity contribution in [3.63, 3.8) is 0 Å². The summed E-state index contributed by atoms with van der Waals surface area (Å²) in [4.78, 5) is 16.2. The first-order valence-corrected chi connectivity index (χ1v) is 8.61. The number of carbonyl (C=O) groups excluding carboxylic acids is 1.